The van der Waals surface area contributed by atoms with Crippen molar-refractivity contribution < 1.29 is 20.1 Å². The van der Waals surface area contributed by atoms with Crippen LogP contribution in [0.25, 0.3) is 10.9 Å². The van der Waals surface area contributed by atoms with Gasteiger partial charge in [-0.15, -0.1) is 0 Å². The molecule has 0 spiro atoms. The van der Waals surface area contributed by atoms with Crippen LogP contribution in [0.5, 0.6) is 0 Å². The van der Waals surface area contributed by atoms with E-state index in [2.05, 4.69) is 17.6 Å². The fourth-order valence-corrected chi connectivity index (χ4v) is 2.36. The molecule has 7 heteroatoms. The minimum atomic E-state index is -1.30. The smallest absolute Gasteiger partial charge is 0.341 e. The maximum Gasteiger partial charge on any atom is 0.341 e. The van der Waals surface area contributed by atoms with Crippen molar-refractivity contribution in [3.8, 4) is 0 Å². The fourth-order valence-electron chi connectivity index (χ4n) is 2.09. The van der Waals surface area contributed by atoms with Gasteiger partial charge in [-0.05, 0) is 29.9 Å². The van der Waals surface area contributed by atoms with E-state index in [1.807, 2.05) is 0 Å². The topological polar surface area (TPSA) is 111 Å². The summed E-state index contributed by atoms with van der Waals surface area (Å²) in [6.07, 6.45) is -0.599. The van der Waals surface area contributed by atoms with Crippen LogP contribution in [0.15, 0.2) is 29.2 Å². The van der Waals surface area contributed by atoms with Crippen molar-refractivity contribution in [2.75, 3.05) is 5.75 Å². The fraction of sp³-hybridized carbons (Fsp3) is 0.286. The molecule has 1 aromatic carbocycles. The average molecular weight is 309 g/mol. The number of hydrogen-bond acceptors (Lipinski definition) is 5. The Balaban J connectivity index is 2.46. The van der Waals surface area contributed by atoms with Gasteiger partial charge in [-0.1, -0.05) is 6.07 Å². The molecule has 21 heavy (non-hydrogen) atoms. The van der Waals surface area contributed by atoms with Crippen LogP contribution >= 0.6 is 12.6 Å². The second-order valence-corrected chi connectivity index (χ2v) is 5.11. The number of aromatic carboxylic acids is 1. The zero-order chi connectivity index (χ0) is 15.6. The maximum absolute atomic E-state index is 12.0. The SMILES string of the molecule is O=C(O)c1c[nH]c2cc(C(O)C(O)CCS)ccc2c1=O. The minimum Gasteiger partial charge on any atom is -0.477 e. The Morgan fingerprint density at radius 2 is 2.05 bits per heavy atom. The van der Waals surface area contributed by atoms with Gasteiger partial charge in [0.15, 0.2) is 0 Å². The third kappa shape index (κ3) is 3.10. The summed E-state index contributed by atoms with van der Waals surface area (Å²) in [6, 6.07) is 4.46. The monoisotopic (exact) mass is 309 g/mol. The number of thiol groups is 1. The van der Waals surface area contributed by atoms with Crippen molar-refractivity contribution in [3.05, 3.63) is 45.7 Å². The van der Waals surface area contributed by atoms with E-state index in [0.29, 0.717) is 23.3 Å². The summed E-state index contributed by atoms with van der Waals surface area (Å²) in [5.41, 5.74) is -0.0887. The summed E-state index contributed by atoms with van der Waals surface area (Å²) in [5.74, 6) is -0.864. The van der Waals surface area contributed by atoms with Crippen LogP contribution in [0.4, 0.5) is 0 Å². The van der Waals surface area contributed by atoms with Crippen molar-refractivity contribution in [2.45, 2.75) is 18.6 Å². The Morgan fingerprint density at radius 3 is 2.67 bits per heavy atom. The molecule has 0 saturated heterocycles. The first-order valence-corrected chi connectivity index (χ1v) is 6.94. The Kier molecular flexibility index (Phi) is 4.66. The standard InChI is InChI=1S/C14H15NO5S/c16-11(3-4-21)12(17)7-1-2-8-10(5-7)15-6-9(13(8)18)14(19)20/h1-2,5-6,11-12,16-17,21H,3-4H2,(H,15,18)(H,19,20). The molecule has 0 radical (unpaired) electrons. The van der Waals surface area contributed by atoms with Crippen LogP contribution in [-0.4, -0.2) is 38.1 Å². The Hall–Kier alpha value is -1.83. The normalized spacial score (nSPS) is 14.0. The quantitative estimate of drug-likeness (QED) is 0.528. The molecule has 0 fully saturated rings. The molecule has 0 aliphatic heterocycles. The van der Waals surface area contributed by atoms with Gasteiger partial charge >= 0.3 is 5.97 Å². The van der Waals surface area contributed by atoms with E-state index in [1.165, 1.54) is 18.2 Å². The lowest BCUT2D eigenvalue weighted by atomic mass is 10.0. The van der Waals surface area contributed by atoms with E-state index in [9.17, 15) is 19.8 Å². The maximum atomic E-state index is 12.0. The highest BCUT2D eigenvalue weighted by atomic mass is 32.1. The Bertz CT molecular complexity index is 727. The minimum absolute atomic E-state index is 0.217. The highest BCUT2D eigenvalue weighted by molar-refractivity contribution is 7.80. The lowest BCUT2D eigenvalue weighted by molar-refractivity contribution is 0.0173. The number of hydrogen-bond donors (Lipinski definition) is 5. The number of carboxylic acids is 1. The predicted molar refractivity (Wildman–Crippen MR) is 81.0 cm³/mol. The molecule has 2 aromatic rings. The van der Waals surface area contributed by atoms with Crippen LogP contribution in [-0.2, 0) is 0 Å². The Morgan fingerprint density at radius 1 is 1.33 bits per heavy atom. The van der Waals surface area contributed by atoms with Gasteiger partial charge in [-0.3, -0.25) is 4.79 Å². The van der Waals surface area contributed by atoms with Gasteiger partial charge in [0.25, 0.3) is 0 Å². The van der Waals surface area contributed by atoms with Crippen molar-refractivity contribution in [1.82, 2.24) is 4.98 Å². The summed E-state index contributed by atoms with van der Waals surface area (Å²) in [7, 11) is 0. The van der Waals surface area contributed by atoms with Crippen molar-refractivity contribution >= 4 is 29.5 Å². The number of carbonyl (C=O) groups is 1. The van der Waals surface area contributed by atoms with Crippen LogP contribution in [0.2, 0.25) is 0 Å². The third-order valence-electron chi connectivity index (χ3n) is 3.27. The van der Waals surface area contributed by atoms with Crippen molar-refractivity contribution in [2.24, 2.45) is 0 Å². The number of rotatable bonds is 5. The molecule has 6 nitrogen and oxygen atoms in total. The number of aromatic nitrogens is 1. The number of carboxylic acid groups (broad SMARTS) is 1. The summed E-state index contributed by atoms with van der Waals surface area (Å²) < 4.78 is 0. The van der Waals surface area contributed by atoms with Gasteiger partial charge in [0.1, 0.15) is 11.7 Å². The van der Waals surface area contributed by atoms with Gasteiger partial charge in [-0.25, -0.2) is 4.79 Å². The summed E-state index contributed by atoms with van der Waals surface area (Å²) >= 11 is 4.00. The van der Waals surface area contributed by atoms with Crippen LogP contribution in [0.1, 0.15) is 28.4 Å². The predicted octanol–water partition coefficient (Wildman–Crippen LogP) is 0.940. The first-order chi connectivity index (χ1) is 9.95. The van der Waals surface area contributed by atoms with Gasteiger partial charge < -0.3 is 20.3 Å². The molecule has 1 heterocycles. The average Bonchev–Trinajstić information content (AvgIpc) is 2.46. The molecule has 0 amide bonds. The summed E-state index contributed by atoms with van der Waals surface area (Å²) in [4.78, 5) is 25.6. The summed E-state index contributed by atoms with van der Waals surface area (Å²) in [6.45, 7) is 0. The molecular formula is C14H15NO5S. The van der Waals surface area contributed by atoms with E-state index in [4.69, 9.17) is 5.11 Å². The number of nitrogens with one attached hydrogen (secondary N) is 1. The van der Waals surface area contributed by atoms with Gasteiger partial charge in [0.2, 0.25) is 5.43 Å². The van der Waals surface area contributed by atoms with Crippen molar-refractivity contribution in [3.63, 3.8) is 0 Å². The van der Waals surface area contributed by atoms with E-state index in [0.717, 1.165) is 6.20 Å². The molecule has 2 rings (SSSR count). The van der Waals surface area contributed by atoms with Gasteiger partial charge in [0.05, 0.1) is 6.10 Å². The number of aromatic amines is 1. The number of benzene rings is 1. The van der Waals surface area contributed by atoms with Gasteiger partial charge in [0, 0.05) is 17.1 Å². The highest BCUT2D eigenvalue weighted by Crippen LogP contribution is 2.22. The highest BCUT2D eigenvalue weighted by Gasteiger charge is 2.19. The molecule has 0 saturated carbocycles. The number of H-pyrrole nitrogens is 1. The first-order valence-electron chi connectivity index (χ1n) is 6.31. The number of fused-ring (bicyclic) bond motifs is 1. The largest absolute Gasteiger partial charge is 0.477 e. The van der Waals surface area contributed by atoms with Crippen LogP contribution in [0, 0.1) is 0 Å². The lowest BCUT2D eigenvalue weighted by Crippen LogP contribution is -2.19. The molecule has 2 atom stereocenters. The molecule has 0 bridgehead atoms. The molecular weight excluding hydrogens is 294 g/mol. The molecule has 1 aromatic heterocycles. The van der Waals surface area contributed by atoms with E-state index < -0.39 is 23.6 Å². The molecule has 4 N–H and O–H groups in total. The molecule has 0 aliphatic carbocycles. The number of aliphatic hydroxyl groups excluding tert-OH is 2. The summed E-state index contributed by atoms with van der Waals surface area (Å²) in [5, 5.41) is 28.9. The van der Waals surface area contributed by atoms with Crippen LogP contribution < -0.4 is 5.43 Å². The zero-order valence-corrected chi connectivity index (χ0v) is 11.9. The molecule has 2 unspecified atom stereocenters. The second kappa shape index (κ2) is 6.30. The van der Waals surface area contributed by atoms with E-state index in [1.54, 1.807) is 0 Å². The molecule has 112 valence electrons. The number of pyridine rings is 1. The third-order valence-corrected chi connectivity index (χ3v) is 3.52. The van der Waals surface area contributed by atoms with Crippen LogP contribution in [0.3, 0.4) is 0 Å². The zero-order valence-electron chi connectivity index (χ0n) is 11.0. The van der Waals surface area contributed by atoms with E-state index >= 15 is 0 Å². The Labute approximate surface area is 125 Å². The first kappa shape index (κ1) is 15.6. The number of aliphatic hydroxyl groups is 2. The van der Waals surface area contributed by atoms with Crippen molar-refractivity contribution in [1.29, 1.82) is 0 Å². The lowest BCUT2D eigenvalue weighted by Gasteiger charge is -2.17. The second-order valence-electron chi connectivity index (χ2n) is 4.67. The van der Waals surface area contributed by atoms with E-state index in [-0.39, 0.29) is 10.9 Å². The van der Waals surface area contributed by atoms with Gasteiger partial charge in [-0.2, -0.15) is 12.6 Å². The molecule has 0 aliphatic rings.